The Balaban J connectivity index is 1.58. The number of carboxylic acid groups (broad SMARTS) is 1. The fraction of sp³-hybridized carbons (Fsp3) is 0.765. The van der Waals surface area contributed by atoms with Crippen molar-refractivity contribution in [3.8, 4) is 0 Å². The van der Waals surface area contributed by atoms with Crippen LogP contribution in [0.3, 0.4) is 0 Å². The fourth-order valence-corrected chi connectivity index (χ4v) is 4.72. The van der Waals surface area contributed by atoms with Gasteiger partial charge in [0.2, 0.25) is 0 Å². The summed E-state index contributed by atoms with van der Waals surface area (Å²) in [6.07, 6.45) is 1.86. The number of likely N-dealkylation sites (tertiary alicyclic amines) is 2. The predicted octanol–water partition coefficient (Wildman–Crippen LogP) is 2.20. The molecule has 0 spiro atoms. The highest BCUT2D eigenvalue weighted by Gasteiger charge is 2.61. The smallest absolute Gasteiger partial charge is 0.407 e. The summed E-state index contributed by atoms with van der Waals surface area (Å²) in [5, 5.41) is 9.13. The SMILES string of the molecule is C=CCOC(=O)C1(C)CC(CN2CCC3C2C(F)(F)CN3C(=O)O)C1. The lowest BCUT2D eigenvalue weighted by molar-refractivity contribution is -0.163. The number of hydrogen-bond donors (Lipinski definition) is 1. The Morgan fingerprint density at radius 2 is 2.08 bits per heavy atom. The number of esters is 1. The second kappa shape index (κ2) is 6.23. The van der Waals surface area contributed by atoms with Crippen LogP contribution in [0.1, 0.15) is 26.2 Å². The molecule has 25 heavy (non-hydrogen) atoms. The number of hydrogen-bond acceptors (Lipinski definition) is 4. The number of ether oxygens (including phenoxy) is 1. The van der Waals surface area contributed by atoms with Crippen LogP contribution in [-0.2, 0) is 9.53 Å². The summed E-state index contributed by atoms with van der Waals surface area (Å²) in [7, 11) is 0. The van der Waals surface area contributed by atoms with Gasteiger partial charge in [-0.25, -0.2) is 13.6 Å². The van der Waals surface area contributed by atoms with Gasteiger partial charge in [0.1, 0.15) is 6.61 Å². The number of nitrogens with zero attached hydrogens (tertiary/aromatic N) is 2. The monoisotopic (exact) mass is 358 g/mol. The van der Waals surface area contributed by atoms with Crippen molar-refractivity contribution in [3.05, 3.63) is 12.7 Å². The van der Waals surface area contributed by atoms with Gasteiger partial charge in [0.15, 0.2) is 0 Å². The number of amides is 1. The molecule has 0 aromatic rings. The molecule has 0 radical (unpaired) electrons. The molecular weight excluding hydrogens is 334 g/mol. The summed E-state index contributed by atoms with van der Waals surface area (Å²) in [5.74, 6) is -3.16. The van der Waals surface area contributed by atoms with Gasteiger partial charge in [-0.15, -0.1) is 0 Å². The molecule has 2 saturated heterocycles. The highest BCUT2D eigenvalue weighted by Crippen LogP contribution is 2.48. The molecule has 0 bridgehead atoms. The van der Waals surface area contributed by atoms with E-state index in [0.29, 0.717) is 32.4 Å². The van der Waals surface area contributed by atoms with Crippen LogP contribution in [0.2, 0.25) is 0 Å². The maximum Gasteiger partial charge on any atom is 0.407 e. The van der Waals surface area contributed by atoms with E-state index in [4.69, 9.17) is 9.84 Å². The zero-order chi connectivity index (χ0) is 18.4. The number of halogens is 2. The molecule has 3 fully saturated rings. The second-order valence-electron chi connectivity index (χ2n) is 7.69. The van der Waals surface area contributed by atoms with Crippen molar-refractivity contribution >= 4 is 12.1 Å². The minimum atomic E-state index is -3.03. The second-order valence-corrected chi connectivity index (χ2v) is 7.69. The lowest BCUT2D eigenvalue weighted by Gasteiger charge is -2.45. The molecule has 6 nitrogen and oxygen atoms in total. The molecular formula is C17H24F2N2O4. The number of carbonyl (C=O) groups is 2. The van der Waals surface area contributed by atoms with E-state index in [1.54, 1.807) is 4.90 Å². The predicted molar refractivity (Wildman–Crippen MR) is 85.4 cm³/mol. The largest absolute Gasteiger partial charge is 0.465 e. The van der Waals surface area contributed by atoms with E-state index < -0.39 is 36.1 Å². The van der Waals surface area contributed by atoms with Gasteiger partial charge in [-0.1, -0.05) is 12.7 Å². The van der Waals surface area contributed by atoms with Gasteiger partial charge in [-0.2, -0.15) is 0 Å². The highest BCUT2D eigenvalue weighted by molar-refractivity contribution is 5.77. The lowest BCUT2D eigenvalue weighted by Crippen LogP contribution is -2.51. The molecule has 1 N–H and O–H groups in total. The quantitative estimate of drug-likeness (QED) is 0.603. The number of carbonyl (C=O) groups excluding carboxylic acids is 1. The van der Waals surface area contributed by atoms with E-state index in [0.717, 1.165) is 4.90 Å². The maximum atomic E-state index is 14.3. The molecule has 0 aromatic heterocycles. The van der Waals surface area contributed by atoms with Gasteiger partial charge >= 0.3 is 12.1 Å². The van der Waals surface area contributed by atoms with E-state index in [1.807, 2.05) is 6.92 Å². The normalized spacial score (nSPS) is 36.6. The van der Waals surface area contributed by atoms with E-state index in [2.05, 4.69) is 6.58 Å². The summed E-state index contributed by atoms with van der Waals surface area (Å²) in [6, 6.07) is -1.69. The Morgan fingerprint density at radius 1 is 1.40 bits per heavy atom. The highest BCUT2D eigenvalue weighted by atomic mass is 19.3. The molecule has 2 atom stereocenters. The molecule has 1 amide bonds. The van der Waals surface area contributed by atoms with Crippen LogP contribution in [0.5, 0.6) is 0 Å². The van der Waals surface area contributed by atoms with Crippen LogP contribution >= 0.6 is 0 Å². The van der Waals surface area contributed by atoms with Crippen molar-refractivity contribution in [2.75, 3.05) is 26.2 Å². The Hall–Kier alpha value is -1.70. The zero-order valence-electron chi connectivity index (χ0n) is 14.3. The average Bonchev–Trinajstić information content (AvgIpc) is 3.03. The molecule has 140 valence electrons. The topological polar surface area (TPSA) is 70.1 Å². The first-order chi connectivity index (χ1) is 11.7. The Morgan fingerprint density at radius 3 is 2.68 bits per heavy atom. The third kappa shape index (κ3) is 3.12. The number of alkyl halides is 2. The molecule has 8 heteroatoms. The molecule has 2 aliphatic heterocycles. The standard InChI is InChI=1S/C17H24F2N2O4/c1-3-6-25-14(22)16(2)7-11(8-16)9-20-5-4-12-13(20)17(18,19)10-21(12)15(23)24/h3,11-13H,1,4-10H2,2H3,(H,23,24). The van der Waals surface area contributed by atoms with Crippen LogP contribution in [0.4, 0.5) is 13.6 Å². The summed E-state index contributed by atoms with van der Waals surface area (Å²) >= 11 is 0. The number of fused-ring (bicyclic) bond motifs is 1. The van der Waals surface area contributed by atoms with E-state index in [-0.39, 0.29) is 18.5 Å². The average molecular weight is 358 g/mol. The van der Waals surface area contributed by atoms with Gasteiger partial charge in [0, 0.05) is 13.1 Å². The molecule has 2 unspecified atom stereocenters. The molecule has 1 saturated carbocycles. The van der Waals surface area contributed by atoms with E-state index in [9.17, 15) is 18.4 Å². The van der Waals surface area contributed by atoms with Crippen molar-refractivity contribution in [1.82, 2.24) is 9.80 Å². The Kier molecular flexibility index (Phi) is 4.51. The van der Waals surface area contributed by atoms with Gasteiger partial charge in [-0.3, -0.25) is 14.6 Å². The summed E-state index contributed by atoms with van der Waals surface area (Å²) in [4.78, 5) is 25.8. The first-order valence-corrected chi connectivity index (χ1v) is 8.57. The van der Waals surface area contributed by atoms with Crippen molar-refractivity contribution in [2.45, 2.75) is 44.2 Å². The molecule has 2 heterocycles. The van der Waals surface area contributed by atoms with Crippen molar-refractivity contribution in [1.29, 1.82) is 0 Å². The van der Waals surface area contributed by atoms with Gasteiger partial charge in [-0.05, 0) is 32.1 Å². The Labute approximate surface area is 145 Å². The van der Waals surface area contributed by atoms with Crippen LogP contribution < -0.4 is 0 Å². The summed E-state index contributed by atoms with van der Waals surface area (Å²) in [6.45, 7) is 5.70. The van der Waals surface area contributed by atoms with Crippen LogP contribution in [0.25, 0.3) is 0 Å². The van der Waals surface area contributed by atoms with E-state index in [1.165, 1.54) is 6.08 Å². The first kappa shape index (κ1) is 18.1. The summed E-state index contributed by atoms with van der Waals surface area (Å²) < 4.78 is 33.7. The van der Waals surface area contributed by atoms with Crippen molar-refractivity contribution < 1.29 is 28.2 Å². The molecule has 0 aromatic carbocycles. The first-order valence-electron chi connectivity index (χ1n) is 8.57. The molecule has 3 aliphatic rings. The molecule has 3 rings (SSSR count). The Bertz CT molecular complexity index is 577. The number of rotatable bonds is 5. The van der Waals surface area contributed by atoms with E-state index >= 15 is 0 Å². The van der Waals surface area contributed by atoms with Crippen molar-refractivity contribution in [2.24, 2.45) is 11.3 Å². The van der Waals surface area contributed by atoms with Gasteiger partial charge in [0.05, 0.1) is 24.0 Å². The molecule has 1 aliphatic carbocycles. The zero-order valence-corrected chi connectivity index (χ0v) is 14.3. The van der Waals surface area contributed by atoms with Gasteiger partial charge < -0.3 is 9.84 Å². The third-order valence-electron chi connectivity index (χ3n) is 5.73. The minimum absolute atomic E-state index is 0.148. The third-order valence-corrected chi connectivity index (χ3v) is 5.73. The van der Waals surface area contributed by atoms with Crippen LogP contribution in [0, 0.1) is 11.3 Å². The van der Waals surface area contributed by atoms with Crippen LogP contribution in [-0.4, -0.2) is 71.2 Å². The van der Waals surface area contributed by atoms with Crippen molar-refractivity contribution in [3.63, 3.8) is 0 Å². The summed E-state index contributed by atoms with van der Waals surface area (Å²) in [5.41, 5.74) is -0.557. The lowest BCUT2D eigenvalue weighted by atomic mass is 9.63. The van der Waals surface area contributed by atoms with Gasteiger partial charge in [0.25, 0.3) is 5.92 Å². The fourth-order valence-electron chi connectivity index (χ4n) is 4.72. The minimum Gasteiger partial charge on any atom is -0.465 e. The maximum absolute atomic E-state index is 14.3. The van der Waals surface area contributed by atoms with Crippen LogP contribution in [0.15, 0.2) is 12.7 Å².